The molecule has 3 nitrogen and oxygen atoms in total. The van der Waals surface area contributed by atoms with E-state index in [1.807, 2.05) is 19.9 Å². The lowest BCUT2D eigenvalue weighted by atomic mass is 10.2. The van der Waals surface area contributed by atoms with E-state index in [-0.39, 0.29) is 4.90 Å². The Kier molecular flexibility index (Phi) is 5.18. The van der Waals surface area contributed by atoms with Crippen molar-refractivity contribution in [1.29, 1.82) is 0 Å². The van der Waals surface area contributed by atoms with E-state index in [0.717, 1.165) is 20.1 Å². The molecule has 0 aliphatic rings. The average Bonchev–Trinajstić information content (AvgIpc) is 2.37. The van der Waals surface area contributed by atoms with E-state index < -0.39 is 10.0 Å². The molecule has 0 bridgehead atoms. The minimum atomic E-state index is -3.66. The SMILES string of the molecule is Cc1cc(NS(=O)(=O)c2cc(Br)c(C)cc2Br)ccc1Br. The number of hydrogen-bond acceptors (Lipinski definition) is 2. The van der Waals surface area contributed by atoms with Crippen molar-refractivity contribution in [1.82, 2.24) is 0 Å². The Balaban J connectivity index is 2.43. The van der Waals surface area contributed by atoms with Crippen LogP contribution in [0, 0.1) is 13.8 Å². The average molecular weight is 498 g/mol. The van der Waals surface area contributed by atoms with E-state index in [1.165, 1.54) is 0 Å². The standard InChI is InChI=1S/C14H12Br3NO2S/c1-8-5-10(3-4-11(8)15)18-21(19,20)14-7-12(16)9(2)6-13(14)17/h3-7,18H,1-2H3. The molecular formula is C14H12Br3NO2S. The highest BCUT2D eigenvalue weighted by molar-refractivity contribution is 9.11. The van der Waals surface area contributed by atoms with E-state index in [4.69, 9.17) is 0 Å². The van der Waals surface area contributed by atoms with E-state index in [2.05, 4.69) is 52.5 Å². The van der Waals surface area contributed by atoms with E-state index in [0.29, 0.717) is 10.2 Å². The summed E-state index contributed by atoms with van der Waals surface area (Å²) in [7, 11) is -3.66. The third-order valence-corrected chi connectivity index (χ3v) is 7.00. The van der Waals surface area contributed by atoms with Gasteiger partial charge >= 0.3 is 0 Å². The molecule has 2 rings (SSSR count). The predicted molar refractivity (Wildman–Crippen MR) is 96.3 cm³/mol. The summed E-state index contributed by atoms with van der Waals surface area (Å²) in [4.78, 5) is 0.195. The highest BCUT2D eigenvalue weighted by Gasteiger charge is 2.19. The lowest BCUT2D eigenvalue weighted by molar-refractivity contribution is 0.600. The van der Waals surface area contributed by atoms with Crippen molar-refractivity contribution >= 4 is 63.5 Å². The van der Waals surface area contributed by atoms with E-state index in [1.54, 1.807) is 24.3 Å². The molecule has 2 aromatic carbocycles. The molecule has 0 amide bonds. The van der Waals surface area contributed by atoms with Crippen molar-refractivity contribution < 1.29 is 8.42 Å². The molecule has 0 fully saturated rings. The number of nitrogens with one attached hydrogen (secondary N) is 1. The van der Waals surface area contributed by atoms with Crippen LogP contribution in [-0.4, -0.2) is 8.42 Å². The van der Waals surface area contributed by atoms with Crippen LogP contribution in [0.1, 0.15) is 11.1 Å². The molecule has 7 heteroatoms. The Morgan fingerprint density at radius 3 is 2.10 bits per heavy atom. The molecule has 0 spiro atoms. The van der Waals surface area contributed by atoms with E-state index >= 15 is 0 Å². The van der Waals surface area contributed by atoms with Gasteiger partial charge in [-0.05, 0) is 71.2 Å². The molecule has 0 saturated carbocycles. The highest BCUT2D eigenvalue weighted by Crippen LogP contribution is 2.30. The summed E-state index contributed by atoms with van der Waals surface area (Å²) < 4.78 is 29.8. The molecular weight excluding hydrogens is 486 g/mol. The van der Waals surface area contributed by atoms with Gasteiger partial charge in [0.15, 0.2) is 0 Å². The number of rotatable bonds is 3. The van der Waals surface area contributed by atoms with Gasteiger partial charge in [0.2, 0.25) is 0 Å². The van der Waals surface area contributed by atoms with Crippen LogP contribution in [0.25, 0.3) is 0 Å². The maximum atomic E-state index is 12.5. The van der Waals surface area contributed by atoms with Crippen LogP contribution < -0.4 is 4.72 Å². The second kappa shape index (κ2) is 6.40. The normalized spacial score (nSPS) is 11.5. The third-order valence-electron chi connectivity index (χ3n) is 2.91. The van der Waals surface area contributed by atoms with Gasteiger partial charge in [-0.1, -0.05) is 31.9 Å². The maximum Gasteiger partial charge on any atom is 0.263 e. The van der Waals surface area contributed by atoms with Crippen LogP contribution in [0.2, 0.25) is 0 Å². The summed E-state index contributed by atoms with van der Waals surface area (Å²) in [6.45, 7) is 3.80. The summed E-state index contributed by atoms with van der Waals surface area (Å²) in [6.07, 6.45) is 0. The van der Waals surface area contributed by atoms with E-state index in [9.17, 15) is 8.42 Å². The molecule has 2 aromatic rings. The third kappa shape index (κ3) is 3.88. The summed E-state index contributed by atoms with van der Waals surface area (Å²) in [6, 6.07) is 8.66. The first-order valence-electron chi connectivity index (χ1n) is 5.95. The number of sulfonamides is 1. The quantitative estimate of drug-likeness (QED) is 0.618. The van der Waals surface area contributed by atoms with Crippen LogP contribution in [0.4, 0.5) is 5.69 Å². The van der Waals surface area contributed by atoms with Crippen LogP contribution in [0.15, 0.2) is 48.6 Å². The van der Waals surface area contributed by atoms with Gasteiger partial charge in [-0.25, -0.2) is 8.42 Å². The predicted octanol–water partition coefficient (Wildman–Crippen LogP) is 5.39. The fourth-order valence-corrected chi connectivity index (χ4v) is 4.73. The minimum absolute atomic E-state index is 0.195. The number of benzene rings is 2. The second-order valence-corrected chi connectivity index (χ2v) is 8.82. The Morgan fingerprint density at radius 1 is 0.857 bits per heavy atom. The van der Waals surface area contributed by atoms with Crippen LogP contribution >= 0.6 is 47.8 Å². The largest absolute Gasteiger partial charge is 0.280 e. The zero-order chi connectivity index (χ0) is 15.8. The summed E-state index contributed by atoms with van der Waals surface area (Å²) in [5.74, 6) is 0. The van der Waals surface area contributed by atoms with Gasteiger partial charge in [-0.2, -0.15) is 0 Å². The van der Waals surface area contributed by atoms with Crippen molar-refractivity contribution in [2.24, 2.45) is 0 Å². The monoisotopic (exact) mass is 495 g/mol. The Hall–Kier alpha value is -0.370. The lowest BCUT2D eigenvalue weighted by Gasteiger charge is -2.12. The van der Waals surface area contributed by atoms with Crippen LogP contribution in [0.5, 0.6) is 0 Å². The van der Waals surface area contributed by atoms with Gasteiger partial charge in [0.25, 0.3) is 10.0 Å². The minimum Gasteiger partial charge on any atom is -0.280 e. The molecule has 0 aromatic heterocycles. The molecule has 0 aliphatic heterocycles. The Labute approximate surface area is 149 Å². The van der Waals surface area contributed by atoms with Gasteiger partial charge in [0.05, 0.1) is 0 Å². The van der Waals surface area contributed by atoms with Gasteiger partial charge in [-0.3, -0.25) is 4.72 Å². The number of aryl methyl sites for hydroxylation is 2. The Bertz CT molecular complexity index is 804. The fourth-order valence-electron chi connectivity index (χ4n) is 1.75. The summed E-state index contributed by atoms with van der Waals surface area (Å²) >= 11 is 10.1. The molecule has 0 radical (unpaired) electrons. The smallest absolute Gasteiger partial charge is 0.263 e. The van der Waals surface area contributed by atoms with Gasteiger partial charge in [0, 0.05) is 19.1 Å². The first-order valence-corrected chi connectivity index (χ1v) is 9.81. The molecule has 21 heavy (non-hydrogen) atoms. The lowest BCUT2D eigenvalue weighted by Crippen LogP contribution is -2.14. The Morgan fingerprint density at radius 2 is 1.48 bits per heavy atom. The molecule has 0 atom stereocenters. The van der Waals surface area contributed by atoms with Gasteiger partial charge in [-0.15, -0.1) is 0 Å². The highest BCUT2D eigenvalue weighted by atomic mass is 79.9. The zero-order valence-corrected chi connectivity index (χ0v) is 16.8. The van der Waals surface area contributed by atoms with Gasteiger partial charge in [0.1, 0.15) is 4.90 Å². The topological polar surface area (TPSA) is 46.2 Å². The summed E-state index contributed by atoms with van der Waals surface area (Å²) in [5, 5.41) is 0. The zero-order valence-electron chi connectivity index (χ0n) is 11.2. The molecule has 0 aliphatic carbocycles. The number of hydrogen-bond donors (Lipinski definition) is 1. The first kappa shape index (κ1) is 17.0. The van der Waals surface area contributed by atoms with Crippen molar-refractivity contribution in [3.8, 4) is 0 Å². The van der Waals surface area contributed by atoms with Gasteiger partial charge < -0.3 is 0 Å². The van der Waals surface area contributed by atoms with Crippen molar-refractivity contribution in [3.63, 3.8) is 0 Å². The molecule has 0 unspecified atom stereocenters. The first-order chi connectivity index (χ1) is 9.70. The molecule has 0 heterocycles. The van der Waals surface area contributed by atoms with Crippen molar-refractivity contribution in [2.75, 3.05) is 4.72 Å². The maximum absolute atomic E-state index is 12.5. The molecule has 1 N–H and O–H groups in total. The molecule has 0 saturated heterocycles. The number of halogens is 3. The van der Waals surface area contributed by atoms with Crippen molar-refractivity contribution in [3.05, 3.63) is 54.9 Å². The molecule has 112 valence electrons. The van der Waals surface area contributed by atoms with Crippen molar-refractivity contribution in [2.45, 2.75) is 18.7 Å². The van der Waals surface area contributed by atoms with Crippen LogP contribution in [-0.2, 0) is 10.0 Å². The summed E-state index contributed by atoms with van der Waals surface area (Å²) in [5.41, 5.74) is 2.44. The van der Waals surface area contributed by atoms with Crippen LogP contribution in [0.3, 0.4) is 0 Å². The fraction of sp³-hybridized carbons (Fsp3) is 0.143. The second-order valence-electron chi connectivity index (χ2n) is 4.60. The number of anilines is 1.